The maximum atomic E-state index is 5.53. The fraction of sp³-hybridized carbons (Fsp3) is 0.700. The first-order valence-corrected chi connectivity index (χ1v) is 5.23. The van der Waals surface area contributed by atoms with E-state index < -0.39 is 0 Å². The molecular weight excluding hydrogens is 208 g/mol. The standard InChI is InChI=1S/C10H20N4O2/c1-7(2)16-6-8(13-11)10-9(15-4)5-12-14(10)3/h5,7-8,13H,6,11H2,1-4H3. The Hall–Kier alpha value is -1.11. The van der Waals surface area contributed by atoms with E-state index in [2.05, 4.69) is 10.5 Å². The van der Waals surface area contributed by atoms with Crippen molar-refractivity contribution in [2.75, 3.05) is 13.7 Å². The molecule has 0 aliphatic carbocycles. The maximum absolute atomic E-state index is 5.53. The second-order valence-corrected chi connectivity index (χ2v) is 3.82. The third-order valence-corrected chi connectivity index (χ3v) is 2.30. The predicted molar refractivity (Wildman–Crippen MR) is 60.9 cm³/mol. The molecule has 0 aliphatic heterocycles. The van der Waals surface area contributed by atoms with Crippen molar-refractivity contribution in [1.82, 2.24) is 15.2 Å². The number of aromatic nitrogens is 2. The van der Waals surface area contributed by atoms with Gasteiger partial charge in [-0.25, -0.2) is 5.43 Å². The molecule has 6 heteroatoms. The van der Waals surface area contributed by atoms with E-state index in [1.807, 2.05) is 20.9 Å². The van der Waals surface area contributed by atoms with Crippen LogP contribution >= 0.6 is 0 Å². The van der Waals surface area contributed by atoms with Crippen molar-refractivity contribution in [3.8, 4) is 5.75 Å². The Morgan fingerprint density at radius 1 is 1.56 bits per heavy atom. The van der Waals surface area contributed by atoms with Crippen molar-refractivity contribution in [2.45, 2.75) is 26.0 Å². The van der Waals surface area contributed by atoms with E-state index in [1.54, 1.807) is 18.0 Å². The van der Waals surface area contributed by atoms with Gasteiger partial charge in [0, 0.05) is 7.05 Å². The monoisotopic (exact) mass is 228 g/mol. The number of nitrogens with one attached hydrogen (secondary N) is 1. The van der Waals surface area contributed by atoms with Gasteiger partial charge in [0.2, 0.25) is 0 Å². The summed E-state index contributed by atoms with van der Waals surface area (Å²) in [5.41, 5.74) is 3.59. The molecular formula is C10H20N4O2. The van der Waals surface area contributed by atoms with E-state index >= 15 is 0 Å². The van der Waals surface area contributed by atoms with Crippen LogP contribution in [0.15, 0.2) is 6.20 Å². The normalized spacial score (nSPS) is 13.1. The Kier molecular flexibility index (Phi) is 4.72. The molecule has 0 aliphatic rings. The number of hydrazine groups is 1. The van der Waals surface area contributed by atoms with Crippen LogP contribution in [0.5, 0.6) is 5.75 Å². The number of nitrogens with two attached hydrogens (primary N) is 1. The predicted octanol–water partition coefficient (Wildman–Crippen LogP) is 0.358. The van der Waals surface area contributed by atoms with E-state index in [0.29, 0.717) is 12.4 Å². The van der Waals surface area contributed by atoms with Gasteiger partial charge in [0.05, 0.1) is 32.1 Å². The van der Waals surface area contributed by atoms with Gasteiger partial charge in [-0.05, 0) is 13.8 Å². The number of aryl methyl sites for hydroxylation is 1. The number of ether oxygens (including phenoxy) is 2. The second-order valence-electron chi connectivity index (χ2n) is 3.82. The van der Waals surface area contributed by atoms with E-state index in [0.717, 1.165) is 5.69 Å². The third kappa shape index (κ3) is 2.94. The minimum absolute atomic E-state index is 0.134. The average Bonchev–Trinajstić information content (AvgIpc) is 2.61. The van der Waals surface area contributed by atoms with Crippen molar-refractivity contribution in [1.29, 1.82) is 0 Å². The lowest BCUT2D eigenvalue weighted by Gasteiger charge is -2.19. The van der Waals surface area contributed by atoms with Gasteiger partial charge in [-0.3, -0.25) is 10.5 Å². The average molecular weight is 228 g/mol. The molecule has 0 saturated carbocycles. The fourth-order valence-corrected chi connectivity index (χ4v) is 1.48. The van der Waals surface area contributed by atoms with Gasteiger partial charge in [-0.15, -0.1) is 0 Å². The maximum Gasteiger partial charge on any atom is 0.161 e. The zero-order chi connectivity index (χ0) is 12.1. The summed E-state index contributed by atoms with van der Waals surface area (Å²) in [7, 11) is 3.45. The minimum Gasteiger partial charge on any atom is -0.493 e. The van der Waals surface area contributed by atoms with Crippen molar-refractivity contribution in [3.05, 3.63) is 11.9 Å². The van der Waals surface area contributed by atoms with Crippen LogP contribution in [-0.4, -0.2) is 29.6 Å². The summed E-state index contributed by atoms with van der Waals surface area (Å²) in [6, 6.07) is -0.134. The second kappa shape index (κ2) is 5.83. The quantitative estimate of drug-likeness (QED) is 0.543. The SMILES string of the molecule is COc1cnn(C)c1C(COC(C)C)NN. The lowest BCUT2D eigenvalue weighted by molar-refractivity contribution is 0.0590. The van der Waals surface area contributed by atoms with Crippen molar-refractivity contribution in [3.63, 3.8) is 0 Å². The van der Waals surface area contributed by atoms with Crippen LogP contribution in [0.4, 0.5) is 0 Å². The Bertz CT molecular complexity index is 325. The van der Waals surface area contributed by atoms with Crippen LogP contribution in [0, 0.1) is 0 Å². The van der Waals surface area contributed by atoms with Crippen LogP contribution in [0.3, 0.4) is 0 Å². The van der Waals surface area contributed by atoms with Gasteiger partial charge >= 0.3 is 0 Å². The van der Waals surface area contributed by atoms with E-state index in [4.69, 9.17) is 15.3 Å². The first-order valence-electron chi connectivity index (χ1n) is 5.23. The van der Waals surface area contributed by atoms with E-state index in [-0.39, 0.29) is 12.1 Å². The summed E-state index contributed by atoms with van der Waals surface area (Å²) in [5.74, 6) is 6.22. The summed E-state index contributed by atoms with van der Waals surface area (Å²) in [6.07, 6.45) is 1.82. The molecule has 0 bridgehead atoms. The zero-order valence-electron chi connectivity index (χ0n) is 10.2. The van der Waals surface area contributed by atoms with E-state index in [9.17, 15) is 0 Å². The summed E-state index contributed by atoms with van der Waals surface area (Å²) in [5, 5.41) is 4.12. The molecule has 0 radical (unpaired) electrons. The molecule has 1 heterocycles. The fourth-order valence-electron chi connectivity index (χ4n) is 1.48. The first kappa shape index (κ1) is 13.0. The van der Waals surface area contributed by atoms with Crippen LogP contribution in [-0.2, 0) is 11.8 Å². The Balaban J connectivity index is 2.81. The molecule has 0 fully saturated rings. The van der Waals surface area contributed by atoms with Crippen molar-refractivity contribution >= 4 is 0 Å². The Labute approximate surface area is 95.7 Å². The molecule has 0 amide bonds. The van der Waals surface area contributed by atoms with Crippen LogP contribution in [0.25, 0.3) is 0 Å². The number of nitrogens with zero attached hydrogens (tertiary/aromatic N) is 2. The van der Waals surface area contributed by atoms with Gasteiger partial charge in [-0.1, -0.05) is 0 Å². The third-order valence-electron chi connectivity index (χ3n) is 2.30. The molecule has 92 valence electrons. The van der Waals surface area contributed by atoms with Gasteiger partial charge in [0.1, 0.15) is 5.69 Å². The molecule has 0 spiro atoms. The number of methoxy groups -OCH3 is 1. The van der Waals surface area contributed by atoms with Gasteiger partial charge in [0.15, 0.2) is 5.75 Å². The molecule has 1 rings (SSSR count). The Morgan fingerprint density at radius 3 is 2.75 bits per heavy atom. The topological polar surface area (TPSA) is 74.3 Å². The highest BCUT2D eigenvalue weighted by Crippen LogP contribution is 2.24. The van der Waals surface area contributed by atoms with Crippen LogP contribution in [0.2, 0.25) is 0 Å². The molecule has 1 atom stereocenters. The Morgan fingerprint density at radius 2 is 2.25 bits per heavy atom. The summed E-state index contributed by atoms with van der Waals surface area (Å²) in [6.45, 7) is 4.44. The highest BCUT2D eigenvalue weighted by Gasteiger charge is 2.20. The molecule has 1 unspecified atom stereocenters. The molecule has 6 nitrogen and oxygen atoms in total. The van der Waals surface area contributed by atoms with Gasteiger partial charge in [-0.2, -0.15) is 5.10 Å². The molecule has 1 aromatic heterocycles. The zero-order valence-corrected chi connectivity index (χ0v) is 10.2. The molecule has 3 N–H and O–H groups in total. The van der Waals surface area contributed by atoms with Crippen molar-refractivity contribution in [2.24, 2.45) is 12.9 Å². The van der Waals surface area contributed by atoms with Gasteiger partial charge < -0.3 is 9.47 Å². The highest BCUT2D eigenvalue weighted by atomic mass is 16.5. The lowest BCUT2D eigenvalue weighted by Crippen LogP contribution is -2.33. The molecule has 0 saturated heterocycles. The lowest BCUT2D eigenvalue weighted by atomic mass is 10.2. The summed E-state index contributed by atoms with van der Waals surface area (Å²) in [4.78, 5) is 0. The molecule has 1 aromatic rings. The summed E-state index contributed by atoms with van der Waals surface area (Å²) < 4.78 is 12.5. The number of hydrogen-bond acceptors (Lipinski definition) is 5. The largest absolute Gasteiger partial charge is 0.493 e. The first-order chi connectivity index (χ1) is 7.60. The van der Waals surface area contributed by atoms with Gasteiger partial charge in [0.25, 0.3) is 0 Å². The molecule has 0 aromatic carbocycles. The smallest absolute Gasteiger partial charge is 0.161 e. The molecule has 16 heavy (non-hydrogen) atoms. The number of hydrogen-bond donors (Lipinski definition) is 2. The minimum atomic E-state index is -0.134. The number of rotatable bonds is 6. The van der Waals surface area contributed by atoms with E-state index in [1.165, 1.54) is 0 Å². The summed E-state index contributed by atoms with van der Waals surface area (Å²) >= 11 is 0. The van der Waals surface area contributed by atoms with Crippen LogP contribution in [0.1, 0.15) is 25.6 Å². The van der Waals surface area contributed by atoms with Crippen LogP contribution < -0.4 is 16.0 Å². The van der Waals surface area contributed by atoms with Crippen molar-refractivity contribution < 1.29 is 9.47 Å². The highest BCUT2D eigenvalue weighted by molar-refractivity contribution is 5.28.